The van der Waals surface area contributed by atoms with Crippen LogP contribution in [0.25, 0.3) is 11.0 Å². The van der Waals surface area contributed by atoms with E-state index in [4.69, 9.17) is 4.42 Å². The molecule has 2 rings (SSSR count). The second-order valence-corrected chi connectivity index (χ2v) is 6.41. The summed E-state index contributed by atoms with van der Waals surface area (Å²) in [6.07, 6.45) is 3.73. The van der Waals surface area contributed by atoms with Crippen molar-refractivity contribution in [2.45, 2.75) is 52.1 Å². The molecule has 1 amide bonds. The van der Waals surface area contributed by atoms with Crippen LogP contribution >= 0.6 is 0 Å². The van der Waals surface area contributed by atoms with E-state index in [0.29, 0.717) is 5.76 Å². The molecule has 0 saturated heterocycles. The summed E-state index contributed by atoms with van der Waals surface area (Å²) in [5.74, 6) is 0.517. The van der Waals surface area contributed by atoms with Gasteiger partial charge in [-0.15, -0.1) is 0 Å². The van der Waals surface area contributed by atoms with Crippen LogP contribution < -0.4 is 5.32 Å². The fourth-order valence-corrected chi connectivity index (χ4v) is 2.84. The Morgan fingerprint density at radius 2 is 1.91 bits per heavy atom. The predicted molar refractivity (Wildman–Crippen MR) is 92.1 cm³/mol. The zero-order chi connectivity index (χ0) is 16.9. The monoisotopic (exact) mass is 317 g/mol. The van der Waals surface area contributed by atoms with E-state index in [2.05, 4.69) is 19.2 Å². The quantitative estimate of drug-likeness (QED) is 0.774. The maximum atomic E-state index is 12.3. The van der Waals surface area contributed by atoms with Gasteiger partial charge < -0.3 is 14.8 Å². The molecular formula is C19H27NO3. The summed E-state index contributed by atoms with van der Waals surface area (Å²) >= 11 is 0. The highest BCUT2D eigenvalue weighted by Gasteiger charge is 2.29. The molecule has 0 fully saturated rings. The van der Waals surface area contributed by atoms with Crippen molar-refractivity contribution >= 4 is 16.9 Å². The molecule has 0 aliphatic rings. The number of aliphatic hydroxyl groups is 1. The minimum atomic E-state index is -1.22. The van der Waals surface area contributed by atoms with Crippen LogP contribution in [0, 0.1) is 5.92 Å². The molecule has 2 N–H and O–H groups in total. The Morgan fingerprint density at radius 3 is 2.52 bits per heavy atom. The molecule has 1 atom stereocenters. The number of para-hydroxylation sites is 1. The Hall–Kier alpha value is -1.81. The first kappa shape index (κ1) is 17.5. The van der Waals surface area contributed by atoms with Crippen LogP contribution in [0.5, 0.6) is 0 Å². The van der Waals surface area contributed by atoms with Crippen molar-refractivity contribution in [2.75, 3.05) is 6.54 Å². The van der Waals surface area contributed by atoms with Crippen LogP contribution in [0.15, 0.2) is 34.7 Å². The number of fused-ring (bicyclic) bond motifs is 1. The Bertz CT molecular complexity index is 606. The van der Waals surface area contributed by atoms with E-state index in [1.165, 1.54) is 0 Å². The van der Waals surface area contributed by atoms with Crippen molar-refractivity contribution in [3.63, 3.8) is 0 Å². The summed E-state index contributed by atoms with van der Waals surface area (Å²) in [5, 5.41) is 14.5. The third kappa shape index (κ3) is 4.35. The number of furan rings is 1. The first-order valence-corrected chi connectivity index (χ1v) is 8.47. The van der Waals surface area contributed by atoms with Crippen LogP contribution in [-0.2, 0) is 10.4 Å². The van der Waals surface area contributed by atoms with E-state index in [1.54, 1.807) is 6.92 Å². The summed E-state index contributed by atoms with van der Waals surface area (Å²) in [6.45, 7) is 5.98. The van der Waals surface area contributed by atoms with Crippen LogP contribution in [0.1, 0.15) is 52.2 Å². The lowest BCUT2D eigenvalue weighted by Crippen LogP contribution is -2.41. The summed E-state index contributed by atoms with van der Waals surface area (Å²) in [6, 6.07) is 9.46. The molecule has 0 aliphatic carbocycles. The molecule has 1 aromatic heterocycles. The van der Waals surface area contributed by atoms with Crippen molar-refractivity contribution in [1.29, 1.82) is 0 Å². The van der Waals surface area contributed by atoms with E-state index in [-0.39, 0.29) is 18.4 Å². The second-order valence-electron chi connectivity index (χ2n) is 6.41. The van der Waals surface area contributed by atoms with E-state index in [0.717, 1.165) is 36.7 Å². The van der Waals surface area contributed by atoms with Crippen LogP contribution in [0.3, 0.4) is 0 Å². The molecule has 4 nitrogen and oxygen atoms in total. The standard InChI is InChI=1S/C19H27NO3/c1-4-8-14(9-5-2)18(21)20-13-19(3,22)17-12-15-10-6-7-11-16(15)23-17/h6-7,10-12,14,22H,4-5,8-9,13H2,1-3H3,(H,20,21). The Labute approximate surface area is 137 Å². The van der Waals surface area contributed by atoms with Gasteiger partial charge in [0.25, 0.3) is 0 Å². The van der Waals surface area contributed by atoms with Crippen molar-refractivity contribution in [2.24, 2.45) is 5.92 Å². The van der Waals surface area contributed by atoms with Gasteiger partial charge in [0.2, 0.25) is 5.91 Å². The SMILES string of the molecule is CCCC(CCC)C(=O)NCC(C)(O)c1cc2ccccc2o1. The zero-order valence-corrected chi connectivity index (χ0v) is 14.3. The summed E-state index contributed by atoms with van der Waals surface area (Å²) < 4.78 is 5.72. The molecular weight excluding hydrogens is 290 g/mol. The number of hydrogen-bond acceptors (Lipinski definition) is 3. The molecule has 0 spiro atoms. The molecule has 0 aliphatic heterocycles. The number of carbonyl (C=O) groups excluding carboxylic acids is 1. The number of hydrogen-bond donors (Lipinski definition) is 2. The highest BCUT2D eigenvalue weighted by molar-refractivity contribution is 5.79. The fraction of sp³-hybridized carbons (Fsp3) is 0.526. The van der Waals surface area contributed by atoms with E-state index in [1.807, 2.05) is 30.3 Å². The second kappa shape index (κ2) is 7.64. The van der Waals surface area contributed by atoms with Crippen LogP contribution in [0.2, 0.25) is 0 Å². The highest BCUT2D eigenvalue weighted by Crippen LogP contribution is 2.27. The average Bonchev–Trinajstić information content (AvgIpc) is 2.97. The number of nitrogens with one attached hydrogen (secondary N) is 1. The van der Waals surface area contributed by atoms with Gasteiger partial charge >= 0.3 is 0 Å². The van der Waals surface area contributed by atoms with E-state index < -0.39 is 5.60 Å². The molecule has 23 heavy (non-hydrogen) atoms. The van der Waals surface area contributed by atoms with Crippen LogP contribution in [-0.4, -0.2) is 17.6 Å². The van der Waals surface area contributed by atoms with Gasteiger partial charge in [0.15, 0.2) is 0 Å². The average molecular weight is 317 g/mol. The fourth-order valence-electron chi connectivity index (χ4n) is 2.84. The van der Waals surface area contributed by atoms with Gasteiger partial charge in [0, 0.05) is 11.3 Å². The Kier molecular flexibility index (Phi) is 5.83. The molecule has 1 unspecified atom stereocenters. The molecule has 2 aromatic rings. The topological polar surface area (TPSA) is 62.5 Å². The zero-order valence-electron chi connectivity index (χ0n) is 14.3. The number of carbonyl (C=O) groups is 1. The summed E-state index contributed by atoms with van der Waals surface area (Å²) in [7, 11) is 0. The molecule has 0 bridgehead atoms. The smallest absolute Gasteiger partial charge is 0.223 e. The Morgan fingerprint density at radius 1 is 1.26 bits per heavy atom. The Balaban J connectivity index is 2.03. The number of rotatable bonds is 8. The lowest BCUT2D eigenvalue weighted by molar-refractivity contribution is -0.126. The van der Waals surface area contributed by atoms with Crippen molar-refractivity contribution < 1.29 is 14.3 Å². The van der Waals surface area contributed by atoms with Crippen molar-refractivity contribution in [1.82, 2.24) is 5.32 Å². The van der Waals surface area contributed by atoms with Gasteiger partial charge in [0.1, 0.15) is 16.9 Å². The van der Waals surface area contributed by atoms with Gasteiger partial charge in [0.05, 0.1) is 6.54 Å². The largest absolute Gasteiger partial charge is 0.458 e. The van der Waals surface area contributed by atoms with Crippen LogP contribution in [0.4, 0.5) is 0 Å². The maximum absolute atomic E-state index is 12.3. The molecule has 126 valence electrons. The predicted octanol–water partition coefficient (Wildman–Crippen LogP) is 3.97. The molecule has 0 saturated carbocycles. The van der Waals surface area contributed by atoms with Crippen molar-refractivity contribution in [3.05, 3.63) is 36.1 Å². The van der Waals surface area contributed by atoms with Gasteiger partial charge in [-0.3, -0.25) is 4.79 Å². The van der Waals surface area contributed by atoms with Crippen molar-refractivity contribution in [3.8, 4) is 0 Å². The molecule has 1 aromatic carbocycles. The lowest BCUT2D eigenvalue weighted by Gasteiger charge is -2.23. The third-order valence-corrected chi connectivity index (χ3v) is 4.21. The summed E-state index contributed by atoms with van der Waals surface area (Å²) in [4.78, 5) is 12.3. The lowest BCUT2D eigenvalue weighted by atomic mass is 9.96. The van der Waals surface area contributed by atoms with Gasteiger partial charge in [-0.25, -0.2) is 0 Å². The minimum absolute atomic E-state index is 0.0186. The highest BCUT2D eigenvalue weighted by atomic mass is 16.4. The van der Waals surface area contributed by atoms with Gasteiger partial charge in [-0.2, -0.15) is 0 Å². The van der Waals surface area contributed by atoms with E-state index >= 15 is 0 Å². The normalized spacial score (nSPS) is 14.1. The summed E-state index contributed by atoms with van der Waals surface area (Å²) in [5.41, 5.74) is -0.485. The molecule has 4 heteroatoms. The van der Waals surface area contributed by atoms with Gasteiger partial charge in [-0.1, -0.05) is 44.9 Å². The molecule has 0 radical (unpaired) electrons. The maximum Gasteiger partial charge on any atom is 0.223 e. The first-order valence-electron chi connectivity index (χ1n) is 8.47. The number of benzene rings is 1. The first-order chi connectivity index (χ1) is 11.0. The van der Waals surface area contributed by atoms with E-state index in [9.17, 15) is 9.90 Å². The van der Waals surface area contributed by atoms with Gasteiger partial charge in [-0.05, 0) is 31.9 Å². The number of amides is 1. The third-order valence-electron chi connectivity index (χ3n) is 4.21. The molecule has 1 heterocycles. The minimum Gasteiger partial charge on any atom is -0.458 e.